The fraction of sp³-hybridized carbons (Fsp3) is 0.647. The monoisotopic (exact) mass is 286 g/mol. The topological polar surface area (TPSA) is 49.3 Å². The van der Waals surface area contributed by atoms with Crippen LogP contribution < -0.4 is 10.6 Å². The normalized spacial score (nSPS) is 20.1. The number of hydrogen-bond acceptors (Lipinski definition) is 2. The number of hydrogen-bond donors (Lipinski definition) is 2. The average Bonchev–Trinajstić information content (AvgIpc) is 3.39. The lowest BCUT2D eigenvalue weighted by Crippen LogP contribution is -2.39. The van der Waals surface area contributed by atoms with Gasteiger partial charge in [0.25, 0.3) is 0 Å². The highest BCUT2D eigenvalue weighted by atomic mass is 15.2. The van der Waals surface area contributed by atoms with Crippen molar-refractivity contribution in [3.05, 3.63) is 30.1 Å². The van der Waals surface area contributed by atoms with Gasteiger partial charge < -0.3 is 10.6 Å². The second-order valence-electron chi connectivity index (χ2n) is 6.33. The molecule has 2 aliphatic rings. The molecule has 1 aromatic heterocycles. The van der Waals surface area contributed by atoms with Crippen molar-refractivity contribution in [2.24, 2.45) is 16.3 Å². The smallest absolute Gasteiger partial charge is 0.191 e. The lowest BCUT2D eigenvalue weighted by molar-refractivity contribution is 0.452. The molecule has 114 valence electrons. The molecule has 0 radical (unpaired) electrons. The largest absolute Gasteiger partial charge is 0.357 e. The van der Waals surface area contributed by atoms with Crippen molar-refractivity contribution in [1.82, 2.24) is 15.6 Å². The van der Waals surface area contributed by atoms with Gasteiger partial charge in [-0.05, 0) is 56.1 Å². The molecular formula is C17H26N4. The standard InChI is InChI=1S/C17H26N4/c1-2-18-16(20-12-8-15-5-3-4-11-19-15)21-13-17(9-10-17)14-6-7-14/h3-5,11,14H,2,6-10,12-13H2,1H3,(H2,18,20,21). The highest BCUT2D eigenvalue weighted by Gasteiger charge is 2.53. The number of rotatable bonds is 7. The van der Waals surface area contributed by atoms with Gasteiger partial charge in [-0.25, -0.2) is 0 Å². The van der Waals surface area contributed by atoms with Crippen LogP contribution in [0.15, 0.2) is 29.4 Å². The molecule has 0 atom stereocenters. The summed E-state index contributed by atoms with van der Waals surface area (Å²) in [6, 6.07) is 6.06. The van der Waals surface area contributed by atoms with Gasteiger partial charge in [-0.1, -0.05) is 6.07 Å². The third-order valence-corrected chi connectivity index (χ3v) is 4.63. The first-order valence-electron chi connectivity index (χ1n) is 8.24. The van der Waals surface area contributed by atoms with E-state index >= 15 is 0 Å². The van der Waals surface area contributed by atoms with E-state index in [1.54, 1.807) is 0 Å². The average molecular weight is 286 g/mol. The summed E-state index contributed by atoms with van der Waals surface area (Å²) >= 11 is 0. The summed E-state index contributed by atoms with van der Waals surface area (Å²) in [4.78, 5) is 9.16. The molecule has 2 fully saturated rings. The van der Waals surface area contributed by atoms with Crippen LogP contribution in [0.1, 0.15) is 38.3 Å². The number of aromatic nitrogens is 1. The Morgan fingerprint density at radius 2 is 2.19 bits per heavy atom. The van der Waals surface area contributed by atoms with E-state index in [-0.39, 0.29) is 0 Å². The van der Waals surface area contributed by atoms with E-state index in [9.17, 15) is 0 Å². The number of nitrogens with one attached hydrogen (secondary N) is 2. The quantitative estimate of drug-likeness (QED) is 0.597. The minimum atomic E-state index is 0.573. The first-order chi connectivity index (χ1) is 10.3. The fourth-order valence-electron chi connectivity index (χ4n) is 2.98. The van der Waals surface area contributed by atoms with Gasteiger partial charge in [0.15, 0.2) is 5.96 Å². The second-order valence-corrected chi connectivity index (χ2v) is 6.33. The zero-order valence-corrected chi connectivity index (χ0v) is 12.9. The Balaban J connectivity index is 1.47. The SMILES string of the molecule is CCNC(=NCC1(C2CC2)CC1)NCCc1ccccn1. The molecule has 0 saturated heterocycles. The molecule has 0 bridgehead atoms. The molecule has 4 nitrogen and oxygen atoms in total. The number of nitrogens with zero attached hydrogens (tertiary/aromatic N) is 2. The van der Waals surface area contributed by atoms with Gasteiger partial charge in [-0.15, -0.1) is 0 Å². The van der Waals surface area contributed by atoms with Gasteiger partial charge in [-0.2, -0.15) is 0 Å². The first-order valence-corrected chi connectivity index (χ1v) is 8.24. The van der Waals surface area contributed by atoms with Crippen molar-refractivity contribution in [2.75, 3.05) is 19.6 Å². The molecule has 0 aliphatic heterocycles. The molecular weight excluding hydrogens is 260 g/mol. The Kier molecular flexibility index (Phi) is 4.42. The molecule has 2 N–H and O–H groups in total. The number of aliphatic imine (C=N–C) groups is 1. The molecule has 2 saturated carbocycles. The third-order valence-electron chi connectivity index (χ3n) is 4.63. The third kappa shape index (κ3) is 3.96. The molecule has 1 aromatic rings. The van der Waals surface area contributed by atoms with Crippen LogP contribution in [0.4, 0.5) is 0 Å². The highest BCUT2D eigenvalue weighted by molar-refractivity contribution is 5.79. The van der Waals surface area contributed by atoms with Gasteiger partial charge in [-0.3, -0.25) is 9.98 Å². The molecule has 3 rings (SSSR count). The molecule has 21 heavy (non-hydrogen) atoms. The van der Waals surface area contributed by atoms with E-state index in [1.165, 1.54) is 25.7 Å². The Hall–Kier alpha value is -1.58. The highest BCUT2D eigenvalue weighted by Crippen LogP contribution is 2.61. The lowest BCUT2D eigenvalue weighted by Gasteiger charge is -2.14. The van der Waals surface area contributed by atoms with Gasteiger partial charge in [0.2, 0.25) is 0 Å². The predicted molar refractivity (Wildman–Crippen MR) is 86.3 cm³/mol. The summed E-state index contributed by atoms with van der Waals surface area (Å²) in [6.07, 6.45) is 8.40. The van der Waals surface area contributed by atoms with E-state index in [0.29, 0.717) is 5.41 Å². The summed E-state index contributed by atoms with van der Waals surface area (Å²) in [5.74, 6) is 1.93. The molecule has 4 heteroatoms. The van der Waals surface area contributed by atoms with E-state index in [1.807, 2.05) is 18.3 Å². The van der Waals surface area contributed by atoms with Crippen molar-refractivity contribution in [3.8, 4) is 0 Å². The van der Waals surface area contributed by atoms with Crippen molar-refractivity contribution >= 4 is 5.96 Å². The fourth-order valence-corrected chi connectivity index (χ4v) is 2.98. The summed E-state index contributed by atoms with van der Waals surface area (Å²) in [5.41, 5.74) is 1.70. The zero-order valence-electron chi connectivity index (χ0n) is 12.9. The summed E-state index contributed by atoms with van der Waals surface area (Å²) in [5, 5.41) is 6.77. The lowest BCUT2D eigenvalue weighted by atomic mass is 10.0. The minimum absolute atomic E-state index is 0.573. The van der Waals surface area contributed by atoms with Crippen LogP contribution in [0.25, 0.3) is 0 Å². The maximum Gasteiger partial charge on any atom is 0.191 e. The predicted octanol–water partition coefficient (Wildman–Crippen LogP) is 2.37. The molecule has 0 unspecified atom stereocenters. The van der Waals surface area contributed by atoms with E-state index in [4.69, 9.17) is 4.99 Å². The van der Waals surface area contributed by atoms with Crippen LogP contribution in [0.3, 0.4) is 0 Å². The second kappa shape index (κ2) is 6.46. The minimum Gasteiger partial charge on any atom is -0.357 e. The van der Waals surface area contributed by atoms with Gasteiger partial charge in [0, 0.05) is 37.9 Å². The Bertz CT molecular complexity index is 475. The Morgan fingerprint density at radius 3 is 2.81 bits per heavy atom. The Labute approximate surface area is 127 Å². The summed E-state index contributed by atoms with van der Waals surface area (Å²) < 4.78 is 0. The summed E-state index contributed by atoms with van der Waals surface area (Å²) in [6.45, 7) is 4.89. The zero-order chi connectivity index (χ0) is 14.5. The maximum absolute atomic E-state index is 4.81. The molecule has 0 spiro atoms. The first kappa shape index (κ1) is 14.4. The van der Waals surface area contributed by atoms with E-state index in [2.05, 4.69) is 28.6 Å². The van der Waals surface area contributed by atoms with Crippen molar-refractivity contribution in [2.45, 2.75) is 39.0 Å². The maximum atomic E-state index is 4.81. The van der Waals surface area contributed by atoms with Crippen molar-refractivity contribution < 1.29 is 0 Å². The van der Waals surface area contributed by atoms with E-state index < -0.39 is 0 Å². The van der Waals surface area contributed by atoms with Crippen LogP contribution >= 0.6 is 0 Å². The van der Waals surface area contributed by atoms with Crippen molar-refractivity contribution in [3.63, 3.8) is 0 Å². The van der Waals surface area contributed by atoms with Crippen LogP contribution in [0.5, 0.6) is 0 Å². The van der Waals surface area contributed by atoms with Crippen LogP contribution in [-0.4, -0.2) is 30.6 Å². The number of guanidine groups is 1. The van der Waals surface area contributed by atoms with E-state index in [0.717, 1.165) is 43.6 Å². The molecule has 0 amide bonds. The Morgan fingerprint density at radius 1 is 1.33 bits per heavy atom. The van der Waals surface area contributed by atoms with Gasteiger partial charge in [0.1, 0.15) is 0 Å². The van der Waals surface area contributed by atoms with Gasteiger partial charge in [0.05, 0.1) is 0 Å². The van der Waals surface area contributed by atoms with Crippen LogP contribution in [0, 0.1) is 11.3 Å². The summed E-state index contributed by atoms with van der Waals surface area (Å²) in [7, 11) is 0. The number of pyridine rings is 1. The van der Waals surface area contributed by atoms with Crippen molar-refractivity contribution in [1.29, 1.82) is 0 Å². The molecule has 1 heterocycles. The van der Waals surface area contributed by atoms with Gasteiger partial charge >= 0.3 is 0 Å². The van der Waals surface area contributed by atoms with Crippen LogP contribution in [0.2, 0.25) is 0 Å². The van der Waals surface area contributed by atoms with Crippen LogP contribution in [-0.2, 0) is 6.42 Å². The molecule has 0 aromatic carbocycles. The molecule has 2 aliphatic carbocycles.